The van der Waals surface area contributed by atoms with Crippen LogP contribution in [0.5, 0.6) is 11.5 Å². The number of ether oxygens (including phenoxy) is 2. The number of hydrogen-bond donors (Lipinski definition) is 1. The second-order valence-corrected chi connectivity index (χ2v) is 6.05. The van der Waals surface area contributed by atoms with Crippen molar-refractivity contribution < 1.29 is 19.4 Å². The summed E-state index contributed by atoms with van der Waals surface area (Å²) in [5.74, 6) is 0.340. The first-order valence-corrected chi connectivity index (χ1v) is 8.29. The van der Waals surface area contributed by atoms with Crippen LogP contribution in [0.15, 0.2) is 42.5 Å². The van der Waals surface area contributed by atoms with Crippen molar-refractivity contribution in [2.75, 3.05) is 20.8 Å². The second-order valence-electron chi connectivity index (χ2n) is 5.64. The number of carboxylic acid groups (broad SMARTS) is 1. The van der Waals surface area contributed by atoms with E-state index in [1.54, 1.807) is 20.3 Å². The molecule has 6 heteroatoms. The molecule has 25 heavy (non-hydrogen) atoms. The fraction of sp³-hybridized carbons (Fsp3) is 0.316. The lowest BCUT2D eigenvalue weighted by Crippen LogP contribution is -2.26. The van der Waals surface area contributed by atoms with Crippen molar-refractivity contribution in [3.05, 3.63) is 58.6 Å². The standard InChI is InChI=1S/C19H22ClNO4/c1-24-17-10-15(16(20)11-18(17)25-2)13-21(9-8-19(22)23)12-14-6-4-3-5-7-14/h3-7,10-11H,8-9,12-13H2,1-2H3,(H,22,23). The maximum absolute atomic E-state index is 11.0. The first-order chi connectivity index (χ1) is 12.0. The van der Waals surface area contributed by atoms with Gasteiger partial charge in [-0.25, -0.2) is 0 Å². The van der Waals surface area contributed by atoms with Crippen LogP contribution in [0.4, 0.5) is 0 Å². The number of aliphatic carboxylic acids is 1. The SMILES string of the molecule is COc1cc(Cl)c(CN(CCC(=O)O)Cc2ccccc2)cc1OC. The van der Waals surface area contributed by atoms with Crippen molar-refractivity contribution in [3.63, 3.8) is 0 Å². The van der Waals surface area contributed by atoms with Gasteiger partial charge in [0.1, 0.15) is 0 Å². The van der Waals surface area contributed by atoms with Gasteiger partial charge in [-0.1, -0.05) is 41.9 Å². The van der Waals surface area contributed by atoms with E-state index in [4.69, 9.17) is 26.2 Å². The number of hydrogen-bond acceptors (Lipinski definition) is 4. The molecule has 0 amide bonds. The maximum atomic E-state index is 11.0. The molecule has 0 saturated heterocycles. The third-order valence-electron chi connectivity index (χ3n) is 3.84. The van der Waals surface area contributed by atoms with Crippen molar-refractivity contribution in [3.8, 4) is 11.5 Å². The second kappa shape index (κ2) is 9.30. The molecule has 5 nitrogen and oxygen atoms in total. The van der Waals surface area contributed by atoms with Gasteiger partial charge in [0.25, 0.3) is 0 Å². The molecule has 0 atom stereocenters. The summed E-state index contributed by atoms with van der Waals surface area (Å²) in [6.07, 6.45) is 0.0672. The normalized spacial score (nSPS) is 10.7. The zero-order valence-electron chi connectivity index (χ0n) is 14.4. The summed E-state index contributed by atoms with van der Waals surface area (Å²) in [5.41, 5.74) is 1.98. The molecule has 0 unspecified atom stereocenters. The van der Waals surface area contributed by atoms with Gasteiger partial charge in [0.2, 0.25) is 0 Å². The monoisotopic (exact) mass is 363 g/mol. The van der Waals surface area contributed by atoms with E-state index in [0.29, 0.717) is 36.2 Å². The highest BCUT2D eigenvalue weighted by atomic mass is 35.5. The highest BCUT2D eigenvalue weighted by Crippen LogP contribution is 2.33. The van der Waals surface area contributed by atoms with Crippen LogP contribution in [0.25, 0.3) is 0 Å². The lowest BCUT2D eigenvalue weighted by atomic mass is 10.1. The quantitative estimate of drug-likeness (QED) is 0.733. The average Bonchev–Trinajstić information content (AvgIpc) is 2.61. The van der Waals surface area contributed by atoms with Crippen molar-refractivity contribution in [1.82, 2.24) is 4.90 Å². The Morgan fingerprint density at radius 1 is 1.08 bits per heavy atom. The van der Waals surface area contributed by atoms with E-state index in [1.165, 1.54) is 0 Å². The molecule has 0 aliphatic heterocycles. The zero-order valence-corrected chi connectivity index (χ0v) is 15.1. The van der Waals surface area contributed by atoms with Crippen LogP contribution in [0.1, 0.15) is 17.5 Å². The highest BCUT2D eigenvalue weighted by Gasteiger charge is 2.15. The average molecular weight is 364 g/mol. The number of halogens is 1. The van der Waals surface area contributed by atoms with Gasteiger partial charge < -0.3 is 14.6 Å². The van der Waals surface area contributed by atoms with Crippen LogP contribution in [0.3, 0.4) is 0 Å². The van der Waals surface area contributed by atoms with Gasteiger partial charge in [0.15, 0.2) is 11.5 Å². The van der Waals surface area contributed by atoms with Gasteiger partial charge in [0.05, 0.1) is 20.6 Å². The van der Waals surface area contributed by atoms with E-state index in [0.717, 1.165) is 11.1 Å². The Kier molecular flexibility index (Phi) is 7.10. The summed E-state index contributed by atoms with van der Waals surface area (Å²) >= 11 is 6.37. The lowest BCUT2D eigenvalue weighted by molar-refractivity contribution is -0.137. The Hall–Kier alpha value is -2.24. The summed E-state index contributed by atoms with van der Waals surface area (Å²) < 4.78 is 10.6. The number of methoxy groups -OCH3 is 2. The first-order valence-electron chi connectivity index (χ1n) is 7.92. The molecule has 0 spiro atoms. The Labute approximate surface area is 152 Å². The van der Waals surface area contributed by atoms with Gasteiger partial charge in [0, 0.05) is 30.7 Å². The molecule has 0 aliphatic rings. The van der Waals surface area contributed by atoms with Crippen molar-refractivity contribution in [1.29, 1.82) is 0 Å². The van der Waals surface area contributed by atoms with E-state index in [9.17, 15) is 4.79 Å². The first kappa shape index (κ1) is 19.1. The summed E-state index contributed by atoms with van der Waals surface area (Å²) in [6.45, 7) is 1.58. The molecule has 0 fully saturated rings. The Balaban J connectivity index is 2.21. The maximum Gasteiger partial charge on any atom is 0.304 e. The number of benzene rings is 2. The molecular weight excluding hydrogens is 342 g/mol. The van der Waals surface area contributed by atoms with Gasteiger partial charge in [-0.05, 0) is 17.2 Å². The van der Waals surface area contributed by atoms with E-state index in [2.05, 4.69) is 4.90 Å². The van der Waals surface area contributed by atoms with Crippen LogP contribution in [-0.2, 0) is 17.9 Å². The van der Waals surface area contributed by atoms with E-state index < -0.39 is 5.97 Å². The minimum atomic E-state index is -0.823. The van der Waals surface area contributed by atoms with Crippen molar-refractivity contribution in [2.24, 2.45) is 0 Å². The van der Waals surface area contributed by atoms with Crippen LogP contribution in [0.2, 0.25) is 5.02 Å². The van der Waals surface area contributed by atoms with Crippen molar-refractivity contribution >= 4 is 17.6 Å². The summed E-state index contributed by atoms with van der Waals surface area (Å²) in [5, 5.41) is 9.57. The highest BCUT2D eigenvalue weighted by molar-refractivity contribution is 6.31. The fourth-order valence-corrected chi connectivity index (χ4v) is 2.78. The minimum absolute atomic E-state index is 0.0672. The molecule has 0 aromatic heterocycles. The molecule has 0 heterocycles. The number of carboxylic acids is 1. The number of rotatable bonds is 9. The molecule has 0 aliphatic carbocycles. The molecule has 134 valence electrons. The molecular formula is C19H22ClNO4. The van der Waals surface area contributed by atoms with Crippen LogP contribution in [0, 0.1) is 0 Å². The molecule has 2 rings (SSSR count). The molecule has 0 radical (unpaired) electrons. The number of carbonyl (C=O) groups is 1. The van der Waals surface area contributed by atoms with Gasteiger partial charge in [-0.3, -0.25) is 9.69 Å². The Morgan fingerprint density at radius 3 is 2.32 bits per heavy atom. The molecule has 0 bridgehead atoms. The Morgan fingerprint density at radius 2 is 1.72 bits per heavy atom. The molecule has 1 N–H and O–H groups in total. The van der Waals surface area contributed by atoms with Gasteiger partial charge in [-0.2, -0.15) is 0 Å². The lowest BCUT2D eigenvalue weighted by Gasteiger charge is -2.23. The topological polar surface area (TPSA) is 59.0 Å². The minimum Gasteiger partial charge on any atom is -0.493 e. The zero-order chi connectivity index (χ0) is 18.2. The smallest absolute Gasteiger partial charge is 0.304 e. The Bertz CT molecular complexity index is 706. The summed E-state index contributed by atoms with van der Waals surface area (Å²) in [4.78, 5) is 13.0. The van der Waals surface area contributed by atoms with Crippen LogP contribution in [-0.4, -0.2) is 36.7 Å². The predicted octanol–water partition coefficient (Wildman–Crippen LogP) is 3.83. The van der Waals surface area contributed by atoms with Crippen LogP contribution < -0.4 is 9.47 Å². The largest absolute Gasteiger partial charge is 0.493 e. The summed E-state index contributed by atoms with van der Waals surface area (Å²) in [7, 11) is 3.13. The van der Waals surface area contributed by atoms with Crippen LogP contribution >= 0.6 is 11.6 Å². The molecule has 2 aromatic rings. The molecule has 2 aromatic carbocycles. The fourth-order valence-electron chi connectivity index (χ4n) is 2.57. The predicted molar refractivity (Wildman–Crippen MR) is 97.4 cm³/mol. The number of nitrogens with zero attached hydrogens (tertiary/aromatic N) is 1. The summed E-state index contributed by atoms with van der Waals surface area (Å²) in [6, 6.07) is 13.5. The molecule has 0 saturated carbocycles. The van der Waals surface area contributed by atoms with Gasteiger partial charge in [-0.15, -0.1) is 0 Å². The van der Waals surface area contributed by atoms with E-state index in [1.807, 2.05) is 36.4 Å². The third kappa shape index (κ3) is 5.66. The van der Waals surface area contributed by atoms with Crippen molar-refractivity contribution in [2.45, 2.75) is 19.5 Å². The van der Waals surface area contributed by atoms with E-state index in [-0.39, 0.29) is 6.42 Å². The third-order valence-corrected chi connectivity index (χ3v) is 4.19. The van der Waals surface area contributed by atoms with E-state index >= 15 is 0 Å². The van der Waals surface area contributed by atoms with Gasteiger partial charge >= 0.3 is 5.97 Å².